The van der Waals surface area contributed by atoms with E-state index in [1.165, 1.54) is 0 Å². The van der Waals surface area contributed by atoms with E-state index >= 15 is 0 Å². The summed E-state index contributed by atoms with van der Waals surface area (Å²) in [5, 5.41) is -0.602. The normalized spacial score (nSPS) is 32.0. The Hall–Kier alpha value is -0.930. The number of nitrogens with one attached hydrogen (secondary N) is 2. The van der Waals surface area contributed by atoms with Crippen molar-refractivity contribution in [2.45, 2.75) is 0 Å². The summed E-state index contributed by atoms with van der Waals surface area (Å²) in [6, 6.07) is -1.71. The summed E-state index contributed by atoms with van der Waals surface area (Å²) in [6.07, 6.45) is 0. The van der Waals surface area contributed by atoms with Crippen molar-refractivity contribution in [1.29, 1.82) is 0 Å². The van der Waals surface area contributed by atoms with Crippen molar-refractivity contribution in [1.82, 2.24) is 5.31 Å². The van der Waals surface area contributed by atoms with Gasteiger partial charge in [0.2, 0.25) is 0 Å². The molecule has 0 saturated carbocycles. The molecule has 0 bridgehead atoms. The van der Waals surface area contributed by atoms with Gasteiger partial charge in [-0.2, -0.15) is 0 Å². The molecule has 0 amide bonds. The molecule has 14 heavy (non-hydrogen) atoms. The van der Waals surface area contributed by atoms with Crippen LogP contribution in [0, 0.1) is 0 Å². The highest BCUT2D eigenvalue weighted by molar-refractivity contribution is 6.39. The Labute approximate surface area is 105 Å². The van der Waals surface area contributed by atoms with Crippen LogP contribution in [0.4, 0.5) is 5.69 Å². The van der Waals surface area contributed by atoms with Gasteiger partial charge < -0.3 is 10.6 Å². The van der Waals surface area contributed by atoms with Crippen molar-refractivity contribution in [3.05, 3.63) is 28.2 Å². The van der Waals surface area contributed by atoms with Crippen LogP contribution in [-0.4, -0.2) is 19.0 Å². The van der Waals surface area contributed by atoms with Crippen molar-refractivity contribution in [2.24, 2.45) is 4.99 Å². The molecular weight excluding hydrogens is 221 g/mol. The Morgan fingerprint density at radius 2 is 2.36 bits per heavy atom. The second-order valence-electron chi connectivity index (χ2n) is 2.21. The molecule has 1 aromatic rings. The van der Waals surface area contributed by atoms with Crippen LogP contribution in [0.5, 0.6) is 0 Å². The van der Waals surface area contributed by atoms with Gasteiger partial charge in [0.1, 0.15) is 0 Å². The minimum Gasteiger partial charge on any atom is -0.354 e. The van der Waals surface area contributed by atoms with Crippen LogP contribution in [0.2, 0.25) is 12.9 Å². The van der Waals surface area contributed by atoms with E-state index in [0.717, 1.165) is 0 Å². The third-order valence-corrected chi connectivity index (χ3v) is 1.88. The highest BCUT2D eigenvalue weighted by Crippen LogP contribution is 2.29. The van der Waals surface area contributed by atoms with E-state index < -0.39 is 52.8 Å². The van der Waals surface area contributed by atoms with Gasteiger partial charge in [-0.25, -0.2) is 0 Å². The minimum absolute atomic E-state index is 0.0501. The zero-order chi connectivity index (χ0) is 17.9. The molecule has 0 aromatic heterocycles. The number of hydrogen-bond acceptors (Lipinski definition) is 3. The molecule has 0 spiro atoms. The van der Waals surface area contributed by atoms with Gasteiger partial charge >= 0.3 is 0 Å². The predicted octanol–water partition coefficient (Wildman–Crippen LogP) is 2.36. The van der Waals surface area contributed by atoms with Gasteiger partial charge in [-0.3, -0.25) is 4.99 Å². The fourth-order valence-corrected chi connectivity index (χ4v) is 1.20. The third-order valence-electron chi connectivity index (χ3n) is 1.33. The van der Waals surface area contributed by atoms with Crippen LogP contribution in [0.25, 0.3) is 0 Å². The molecule has 1 aromatic carbocycles. The summed E-state index contributed by atoms with van der Waals surface area (Å²) in [5.41, 5.74) is -0.455. The SMILES string of the molecule is [3H]c1c([3H])c(Cl)c(N([3H])C2=NC([3H])([3H])C([3H])([3H])N2[3H])c(Cl)c1[3H]. The number of benzene rings is 1. The smallest absolute Gasteiger partial charge is 0.196 e. The molecule has 2 rings (SSSR count). The number of para-hydroxylation sites is 1. The molecular formula is C9H9Cl2N3. The molecule has 0 saturated heterocycles. The van der Waals surface area contributed by atoms with Crippen LogP contribution >= 0.6 is 23.2 Å². The van der Waals surface area contributed by atoms with Gasteiger partial charge in [-0.15, -0.1) is 0 Å². The highest BCUT2D eigenvalue weighted by atomic mass is 35.5. The number of rotatable bonds is 1. The third kappa shape index (κ3) is 1.94. The van der Waals surface area contributed by atoms with E-state index in [1.807, 2.05) is 0 Å². The summed E-state index contributed by atoms with van der Waals surface area (Å²) in [4.78, 5) is 3.36. The minimum atomic E-state index is -2.84. The van der Waals surface area contributed by atoms with Gasteiger partial charge in [0.05, 0.1) is 31.8 Å². The molecule has 0 fully saturated rings. The van der Waals surface area contributed by atoms with Gasteiger partial charge in [-0.1, -0.05) is 29.2 Å². The molecule has 0 aliphatic carbocycles. The highest BCUT2D eigenvalue weighted by Gasteiger charge is 2.09. The topological polar surface area (TPSA) is 36.4 Å². The number of aliphatic imine (C=N–C) groups is 1. The number of guanidine groups is 1. The zero-order valence-electron chi connectivity index (χ0n) is 15.6. The molecule has 1 heterocycles. The maximum atomic E-state index is 7.95. The van der Waals surface area contributed by atoms with Crippen LogP contribution in [0.1, 0.15) is 9.60 Å². The lowest BCUT2D eigenvalue weighted by Crippen LogP contribution is -2.26. The van der Waals surface area contributed by atoms with E-state index in [4.69, 9.17) is 35.6 Å². The molecule has 74 valence electrons. The van der Waals surface area contributed by atoms with Gasteiger partial charge in [0, 0.05) is 6.50 Å². The lowest BCUT2D eigenvalue weighted by atomic mass is 10.3. The molecule has 0 radical (unpaired) electrons. The summed E-state index contributed by atoms with van der Waals surface area (Å²) in [7, 11) is 0. The summed E-state index contributed by atoms with van der Waals surface area (Å²) < 4.78 is 68.4. The first-order valence-corrected chi connectivity index (χ1v) is 4.23. The van der Waals surface area contributed by atoms with Crippen LogP contribution in [-0.2, 0) is 0 Å². The van der Waals surface area contributed by atoms with Crippen LogP contribution < -0.4 is 10.6 Å². The molecule has 0 unspecified atom stereocenters. The predicted molar refractivity (Wildman–Crippen MR) is 60.4 cm³/mol. The fraction of sp³-hybridized carbons (Fsp3) is 0.222. The molecule has 0 atom stereocenters. The monoisotopic (exact) mass is 247 g/mol. The van der Waals surface area contributed by atoms with Crippen molar-refractivity contribution < 1.29 is 12.4 Å². The Kier molecular flexibility index (Phi) is 1.04. The number of halogens is 2. The number of nitrogens with zero attached hydrogens (tertiary/aromatic N) is 1. The number of hydrogen-bond donors (Lipinski definition) is 2. The lowest BCUT2D eigenvalue weighted by Gasteiger charge is -2.09. The van der Waals surface area contributed by atoms with E-state index in [1.54, 1.807) is 0 Å². The van der Waals surface area contributed by atoms with E-state index in [0.29, 0.717) is 0 Å². The van der Waals surface area contributed by atoms with E-state index in [-0.39, 0.29) is 10.6 Å². The Morgan fingerprint density at radius 3 is 2.93 bits per heavy atom. The number of anilines is 1. The molecule has 1 aliphatic heterocycles. The quantitative estimate of drug-likeness (QED) is 0.800. The average molecular weight is 248 g/mol. The first-order chi connectivity index (χ1) is 10.3. The van der Waals surface area contributed by atoms with Gasteiger partial charge in [0.25, 0.3) is 0 Å². The summed E-state index contributed by atoms with van der Waals surface area (Å²) in [6.45, 7) is -5.64. The Balaban J connectivity index is 2.62. The Bertz CT molecular complexity index is 679. The van der Waals surface area contributed by atoms with Crippen LogP contribution in [0.15, 0.2) is 23.1 Å². The largest absolute Gasteiger partial charge is 0.354 e. The molecule has 3 nitrogen and oxygen atoms in total. The maximum Gasteiger partial charge on any atom is 0.196 e. The molecule has 5 heteroatoms. The molecule has 1 aliphatic rings. The zero-order valence-corrected chi connectivity index (χ0v) is 8.11. The van der Waals surface area contributed by atoms with Crippen molar-refractivity contribution in [3.8, 4) is 0 Å². The van der Waals surface area contributed by atoms with Crippen LogP contribution in [0.3, 0.4) is 0 Å². The maximum absolute atomic E-state index is 7.95. The van der Waals surface area contributed by atoms with Crippen molar-refractivity contribution in [2.75, 3.05) is 18.3 Å². The van der Waals surface area contributed by atoms with E-state index in [2.05, 4.69) is 4.99 Å². The second kappa shape index (κ2) is 4.07. The first kappa shape index (κ1) is 3.58. The van der Waals surface area contributed by atoms with E-state index in [9.17, 15) is 0 Å². The standard InChI is InChI=1S/C9H9Cl2N3/c10-6-2-1-3-7(11)8(6)14-9-12-4-5-13-9/h1-3H,4-5H2,(H2,12,13,14)/i1T,2T,3T,4T2,5T2/hT2. The lowest BCUT2D eigenvalue weighted by molar-refractivity contribution is 0.959. The average Bonchev–Trinajstić information content (AvgIpc) is 2.63. The Morgan fingerprint density at radius 1 is 1.64 bits per heavy atom. The van der Waals surface area contributed by atoms with Gasteiger partial charge in [0.15, 0.2) is 8.78 Å². The van der Waals surface area contributed by atoms with Crippen molar-refractivity contribution in [3.63, 3.8) is 0 Å². The van der Waals surface area contributed by atoms with Crippen molar-refractivity contribution >= 4 is 34.8 Å². The first-order valence-electron chi connectivity index (χ1n) is 7.86. The fourth-order valence-electron chi connectivity index (χ4n) is 0.779. The molecule has 2 N–H and O–H groups in total. The summed E-state index contributed by atoms with van der Waals surface area (Å²) in [5.74, 6) is -0.764. The summed E-state index contributed by atoms with van der Waals surface area (Å²) >= 11 is 11.8. The second-order valence-corrected chi connectivity index (χ2v) is 2.97. The van der Waals surface area contributed by atoms with Gasteiger partial charge in [-0.05, 0) is 12.1 Å².